The SMILES string of the molecule is COc1ccc(-c2c(C)nn3c(C(F)(F)F)cc(-c4ccc(Br)cc4)nc23)cc1. The van der Waals surface area contributed by atoms with Gasteiger partial charge in [0.25, 0.3) is 0 Å². The Morgan fingerprint density at radius 1 is 0.966 bits per heavy atom. The van der Waals surface area contributed by atoms with Crippen molar-refractivity contribution in [2.75, 3.05) is 7.11 Å². The fraction of sp³-hybridized carbons (Fsp3) is 0.143. The predicted octanol–water partition coefficient (Wildman–Crippen LogP) is 6.16. The summed E-state index contributed by atoms with van der Waals surface area (Å²) in [4.78, 5) is 4.54. The number of aromatic nitrogens is 3. The number of benzene rings is 2. The van der Waals surface area contributed by atoms with E-state index in [1.54, 1.807) is 62.6 Å². The van der Waals surface area contributed by atoms with E-state index in [2.05, 4.69) is 26.0 Å². The van der Waals surface area contributed by atoms with E-state index in [-0.39, 0.29) is 11.3 Å². The molecular weight excluding hydrogens is 447 g/mol. The van der Waals surface area contributed by atoms with Gasteiger partial charge in [-0.05, 0) is 42.8 Å². The molecule has 0 radical (unpaired) electrons. The third kappa shape index (κ3) is 3.60. The Hall–Kier alpha value is -2.87. The molecule has 0 spiro atoms. The van der Waals surface area contributed by atoms with Crippen molar-refractivity contribution in [3.8, 4) is 28.1 Å². The molecule has 0 amide bonds. The van der Waals surface area contributed by atoms with Crippen LogP contribution in [0, 0.1) is 6.92 Å². The second-order valence-electron chi connectivity index (χ2n) is 6.46. The van der Waals surface area contributed by atoms with Crippen molar-refractivity contribution in [1.29, 1.82) is 0 Å². The molecule has 0 fully saturated rings. The van der Waals surface area contributed by atoms with Gasteiger partial charge in [-0.25, -0.2) is 9.50 Å². The van der Waals surface area contributed by atoms with Crippen LogP contribution in [0.25, 0.3) is 28.0 Å². The largest absolute Gasteiger partial charge is 0.497 e. The van der Waals surface area contributed by atoms with Gasteiger partial charge in [0.1, 0.15) is 5.75 Å². The molecule has 4 aromatic rings. The summed E-state index contributed by atoms with van der Waals surface area (Å²) in [6.45, 7) is 1.67. The third-order valence-corrected chi connectivity index (χ3v) is 5.10. The maximum absolute atomic E-state index is 13.8. The fourth-order valence-corrected chi connectivity index (χ4v) is 3.45. The number of halogens is 4. The Balaban J connectivity index is 2.01. The molecule has 0 atom stereocenters. The van der Waals surface area contributed by atoms with Gasteiger partial charge in [0.15, 0.2) is 11.3 Å². The Morgan fingerprint density at radius 3 is 2.17 bits per heavy atom. The number of nitrogens with zero attached hydrogens (tertiary/aromatic N) is 3. The maximum Gasteiger partial charge on any atom is 0.433 e. The predicted molar refractivity (Wildman–Crippen MR) is 108 cm³/mol. The van der Waals surface area contributed by atoms with Crippen molar-refractivity contribution >= 4 is 21.6 Å². The molecule has 148 valence electrons. The fourth-order valence-electron chi connectivity index (χ4n) is 3.19. The molecule has 2 aromatic heterocycles. The number of rotatable bonds is 3. The lowest BCUT2D eigenvalue weighted by atomic mass is 10.1. The van der Waals surface area contributed by atoms with E-state index in [1.807, 2.05) is 0 Å². The smallest absolute Gasteiger partial charge is 0.433 e. The number of ether oxygens (including phenoxy) is 1. The summed E-state index contributed by atoms with van der Waals surface area (Å²) in [6.07, 6.45) is -4.58. The molecule has 2 heterocycles. The van der Waals surface area contributed by atoms with Crippen molar-refractivity contribution < 1.29 is 17.9 Å². The van der Waals surface area contributed by atoms with E-state index in [4.69, 9.17) is 4.74 Å². The molecular formula is C21H15BrF3N3O. The Kier molecular flexibility index (Phi) is 4.82. The van der Waals surface area contributed by atoms with E-state index in [0.29, 0.717) is 28.1 Å². The highest BCUT2D eigenvalue weighted by atomic mass is 79.9. The van der Waals surface area contributed by atoms with Gasteiger partial charge in [0.2, 0.25) is 0 Å². The number of hydrogen-bond acceptors (Lipinski definition) is 3. The first-order chi connectivity index (χ1) is 13.8. The van der Waals surface area contributed by atoms with Crippen LogP contribution in [0.3, 0.4) is 0 Å². The van der Waals surface area contributed by atoms with Gasteiger partial charge in [0, 0.05) is 15.6 Å². The second-order valence-corrected chi connectivity index (χ2v) is 7.37. The molecule has 0 bridgehead atoms. The minimum atomic E-state index is -4.58. The molecule has 0 aliphatic carbocycles. The topological polar surface area (TPSA) is 39.4 Å². The zero-order valence-corrected chi connectivity index (χ0v) is 17.0. The van der Waals surface area contributed by atoms with Crippen LogP contribution < -0.4 is 4.74 Å². The Bertz CT molecular complexity index is 1180. The quantitative estimate of drug-likeness (QED) is 0.366. The molecule has 0 saturated heterocycles. The van der Waals surface area contributed by atoms with Gasteiger partial charge in [-0.3, -0.25) is 0 Å². The molecule has 8 heteroatoms. The summed E-state index contributed by atoms with van der Waals surface area (Å²) in [6, 6.07) is 15.1. The first-order valence-corrected chi connectivity index (χ1v) is 9.45. The summed E-state index contributed by atoms with van der Waals surface area (Å²) < 4.78 is 48.3. The van der Waals surface area contributed by atoms with E-state index >= 15 is 0 Å². The van der Waals surface area contributed by atoms with Gasteiger partial charge >= 0.3 is 6.18 Å². The van der Waals surface area contributed by atoms with Crippen LogP contribution in [-0.2, 0) is 6.18 Å². The van der Waals surface area contributed by atoms with Gasteiger partial charge in [0.05, 0.1) is 18.5 Å². The number of methoxy groups -OCH3 is 1. The number of alkyl halides is 3. The highest BCUT2D eigenvalue weighted by Gasteiger charge is 2.36. The zero-order chi connectivity index (χ0) is 20.8. The van der Waals surface area contributed by atoms with E-state index in [9.17, 15) is 13.2 Å². The molecule has 4 rings (SSSR count). The van der Waals surface area contributed by atoms with Gasteiger partial charge in [-0.15, -0.1) is 0 Å². The monoisotopic (exact) mass is 461 g/mol. The van der Waals surface area contributed by atoms with E-state index in [1.165, 1.54) is 0 Å². The van der Waals surface area contributed by atoms with Gasteiger partial charge in [-0.1, -0.05) is 40.2 Å². The van der Waals surface area contributed by atoms with Crippen LogP contribution >= 0.6 is 15.9 Å². The van der Waals surface area contributed by atoms with E-state index in [0.717, 1.165) is 15.1 Å². The standard InChI is InChI=1S/C21H15BrF3N3O/c1-12-19(14-5-9-16(29-2)10-6-14)20-26-17(13-3-7-15(22)8-4-13)11-18(21(23,24)25)28(20)27-12/h3-11H,1-2H3. The minimum Gasteiger partial charge on any atom is -0.497 e. The van der Waals surface area contributed by atoms with E-state index < -0.39 is 11.9 Å². The van der Waals surface area contributed by atoms with Crippen LogP contribution in [0.4, 0.5) is 13.2 Å². The molecule has 29 heavy (non-hydrogen) atoms. The Morgan fingerprint density at radius 2 is 1.59 bits per heavy atom. The summed E-state index contributed by atoms with van der Waals surface area (Å²) in [5, 5.41) is 4.14. The van der Waals surface area contributed by atoms with Crippen molar-refractivity contribution in [2.45, 2.75) is 13.1 Å². The highest BCUT2D eigenvalue weighted by molar-refractivity contribution is 9.10. The molecule has 0 unspecified atom stereocenters. The van der Waals surface area contributed by atoms with Gasteiger partial charge in [-0.2, -0.15) is 18.3 Å². The molecule has 0 saturated carbocycles. The number of hydrogen-bond donors (Lipinski definition) is 0. The second kappa shape index (κ2) is 7.18. The van der Waals surface area contributed by atoms with Crippen LogP contribution in [0.2, 0.25) is 0 Å². The molecule has 4 nitrogen and oxygen atoms in total. The van der Waals surface area contributed by atoms with Crippen LogP contribution in [0.1, 0.15) is 11.4 Å². The maximum atomic E-state index is 13.8. The normalized spacial score (nSPS) is 11.8. The average molecular weight is 462 g/mol. The van der Waals surface area contributed by atoms with Crippen molar-refractivity contribution in [1.82, 2.24) is 14.6 Å². The van der Waals surface area contributed by atoms with Gasteiger partial charge < -0.3 is 4.74 Å². The van der Waals surface area contributed by atoms with Crippen LogP contribution in [0.15, 0.2) is 59.1 Å². The van der Waals surface area contributed by atoms with Crippen molar-refractivity contribution in [2.24, 2.45) is 0 Å². The minimum absolute atomic E-state index is 0.153. The van der Waals surface area contributed by atoms with Crippen LogP contribution in [-0.4, -0.2) is 21.7 Å². The van der Waals surface area contributed by atoms with Crippen molar-refractivity contribution in [3.05, 3.63) is 70.5 Å². The summed E-state index contributed by atoms with van der Waals surface area (Å²) in [7, 11) is 1.55. The first kappa shape index (κ1) is 19.4. The molecule has 2 aromatic carbocycles. The summed E-state index contributed by atoms with van der Waals surface area (Å²) in [5.41, 5.74) is 1.82. The number of fused-ring (bicyclic) bond motifs is 1. The highest BCUT2D eigenvalue weighted by Crippen LogP contribution is 2.36. The lowest BCUT2D eigenvalue weighted by Crippen LogP contribution is -2.13. The van der Waals surface area contributed by atoms with Crippen LogP contribution in [0.5, 0.6) is 5.75 Å². The molecule has 0 aliphatic heterocycles. The Labute approximate surface area is 173 Å². The zero-order valence-electron chi connectivity index (χ0n) is 15.5. The van der Waals surface area contributed by atoms with Crippen molar-refractivity contribution in [3.63, 3.8) is 0 Å². The lowest BCUT2D eigenvalue weighted by molar-refractivity contribution is -0.142. The number of aryl methyl sites for hydroxylation is 1. The average Bonchev–Trinajstić information content (AvgIpc) is 3.02. The molecule has 0 aliphatic rings. The third-order valence-electron chi connectivity index (χ3n) is 4.57. The summed E-state index contributed by atoms with van der Waals surface area (Å²) in [5.74, 6) is 0.655. The lowest BCUT2D eigenvalue weighted by Gasteiger charge is -2.12. The molecule has 0 N–H and O–H groups in total. The summed E-state index contributed by atoms with van der Waals surface area (Å²) >= 11 is 3.34. The first-order valence-electron chi connectivity index (χ1n) is 8.66.